The second kappa shape index (κ2) is 32.8. The maximum atomic E-state index is 6.21. The molecule has 2 aromatic rings. The highest BCUT2D eigenvalue weighted by Gasteiger charge is 2.40. The van der Waals surface area contributed by atoms with Gasteiger partial charge in [-0.2, -0.15) is 20.2 Å². The summed E-state index contributed by atoms with van der Waals surface area (Å²) in [7, 11) is -4.97. The Morgan fingerprint density at radius 2 is 0.621 bits per heavy atom. The summed E-state index contributed by atoms with van der Waals surface area (Å²) < 4.78 is 39.6. The van der Waals surface area contributed by atoms with Crippen molar-refractivity contribution in [2.75, 3.05) is 51.1 Å². The van der Waals surface area contributed by atoms with Gasteiger partial charge in [-0.3, -0.25) is 0 Å². The minimum atomic E-state index is -2.49. The summed E-state index contributed by atoms with van der Waals surface area (Å²) in [6.45, 7) is 17.6. The summed E-state index contributed by atoms with van der Waals surface area (Å²) in [5, 5.41) is 9.35. The summed E-state index contributed by atoms with van der Waals surface area (Å²) in [6.07, 6.45) is 25.8. The van der Waals surface area contributed by atoms with Gasteiger partial charge in [0.2, 0.25) is 11.9 Å². The van der Waals surface area contributed by atoms with E-state index >= 15 is 0 Å². The van der Waals surface area contributed by atoms with Gasteiger partial charge in [0.1, 0.15) is 0 Å². The minimum Gasteiger partial charge on any atom is -0.374 e. The van der Waals surface area contributed by atoms with Crippen LogP contribution in [-0.2, 0) is 52.5 Å². The molecule has 0 radical (unpaired) electrons. The predicted molar refractivity (Wildman–Crippen MR) is 239 cm³/mol. The van der Waals surface area contributed by atoms with E-state index < -0.39 is 17.6 Å². The fourth-order valence-corrected chi connectivity index (χ4v) is 13.0. The minimum absolute atomic E-state index is 0.484. The van der Waals surface area contributed by atoms with Crippen molar-refractivity contribution in [1.29, 1.82) is 0 Å². The van der Waals surface area contributed by atoms with E-state index in [4.69, 9.17) is 38.0 Å². The molecule has 2 heterocycles. The highest BCUT2D eigenvalue weighted by Crippen LogP contribution is 2.23. The number of nitrogens with zero attached hydrogens (tertiary/aromatic N) is 6. The lowest BCUT2D eigenvalue weighted by molar-refractivity contribution is 0.0698. The Morgan fingerprint density at radius 1 is 0.379 bits per heavy atom. The Morgan fingerprint density at radius 3 is 0.879 bits per heavy atom. The molecule has 58 heavy (non-hydrogen) atoms. The fourth-order valence-electron chi connectivity index (χ4n) is 7.61. The molecule has 4 N–H and O–H groups in total. The van der Waals surface area contributed by atoms with Crippen LogP contribution in [0.4, 0.5) is 11.9 Å². The number of aryl methyl sites for hydroxylation is 4. The Labute approximate surface area is 355 Å². The molecule has 0 saturated carbocycles. The van der Waals surface area contributed by atoms with Crippen LogP contribution in [-0.4, -0.2) is 86.8 Å². The van der Waals surface area contributed by atoms with Gasteiger partial charge in [-0.05, 0) is 67.2 Å². The Bertz CT molecular complexity index is 1140. The summed E-state index contributed by atoms with van der Waals surface area (Å²) in [6, 6.07) is 1.85. The molecule has 2 aromatic heterocycles. The number of unbranched alkanes of at least 4 members (excludes halogenated alkanes) is 18. The highest BCUT2D eigenvalue weighted by atomic mass is 28.4. The predicted octanol–water partition coefficient (Wildman–Crippen LogP) is 9.72. The van der Waals surface area contributed by atoms with Crippen molar-refractivity contribution in [1.82, 2.24) is 29.5 Å². The third-order valence-corrected chi connectivity index (χ3v) is 16.8. The van der Waals surface area contributed by atoms with E-state index in [9.17, 15) is 0 Å². The Hall–Kier alpha value is -1.93. The van der Waals surface area contributed by atoms with Crippen molar-refractivity contribution in [2.24, 2.45) is 0 Å². The zero-order chi connectivity index (χ0) is 42.2. The number of anilines is 2. The first kappa shape index (κ1) is 52.2. The van der Waals surface area contributed by atoms with E-state index in [1.165, 1.54) is 103 Å². The number of nitrogen functional groups attached to an aromatic ring is 2. The van der Waals surface area contributed by atoms with E-state index in [1.807, 2.05) is 50.9 Å². The number of hydrogen-bond acceptors (Lipinski definition) is 12. The van der Waals surface area contributed by atoms with Crippen LogP contribution >= 0.6 is 0 Å². The number of aromatic nitrogens is 6. The third-order valence-electron chi connectivity index (χ3n) is 10.5. The monoisotopic (exact) mass is 855 g/mol. The van der Waals surface area contributed by atoms with E-state index in [0.717, 1.165) is 62.5 Å². The Kier molecular flexibility index (Phi) is 29.5. The van der Waals surface area contributed by atoms with Gasteiger partial charge in [-0.25, -0.2) is 9.36 Å². The smallest absolute Gasteiger partial charge is 0.374 e. The molecule has 0 fully saturated rings. The maximum absolute atomic E-state index is 6.21. The molecule has 0 amide bonds. The van der Waals surface area contributed by atoms with Gasteiger partial charge in [0.15, 0.2) is 11.6 Å². The molecule has 0 aliphatic rings. The average Bonchev–Trinajstić information content (AvgIpc) is 3.74. The zero-order valence-corrected chi connectivity index (χ0v) is 39.9. The molecule has 0 aliphatic heterocycles. The second-order valence-electron chi connectivity index (χ2n) is 15.3. The molecule has 0 aliphatic carbocycles. The number of rotatable bonds is 41. The summed E-state index contributed by atoms with van der Waals surface area (Å²) in [4.78, 5) is 9.02. The number of hydrogen-bond donors (Lipinski definition) is 2. The molecule has 14 nitrogen and oxygen atoms in total. The lowest BCUT2D eigenvalue weighted by atomic mass is 10.1. The molecule has 0 spiro atoms. The van der Waals surface area contributed by atoms with Crippen LogP contribution in [0.25, 0.3) is 0 Å². The molecule has 0 aromatic carbocycles. The molecule has 0 bridgehead atoms. The molecular formula is C42H86N8O6Si2. The van der Waals surface area contributed by atoms with E-state index in [-0.39, 0.29) is 0 Å². The quantitative estimate of drug-likeness (QED) is 0.0481. The van der Waals surface area contributed by atoms with Crippen molar-refractivity contribution in [3.05, 3.63) is 11.6 Å². The molecule has 16 heteroatoms. The second-order valence-corrected chi connectivity index (χ2v) is 20.7. The standard InChI is InChI=1S/C42H86N8O6Si2/c1-7-51-57(52-8-2,53-9-3)37-31-27-23-19-15-13-17-21-25-29-35-49-41(43)45-39(47-49)33-34-40-46-42(44)50(48-40)36-30-26-22-18-14-16-20-24-28-32-38-58(54-10-4,55-11-5)56-12-6/h7-38H2,1-6H3,(H2,43,45,47)(H2,44,46,48). The van der Waals surface area contributed by atoms with Gasteiger partial charge in [-0.15, -0.1) is 0 Å². The topological polar surface area (TPSA) is 169 Å². The molecule has 338 valence electrons. The van der Waals surface area contributed by atoms with Gasteiger partial charge in [-0.1, -0.05) is 103 Å². The summed E-state index contributed by atoms with van der Waals surface area (Å²) in [5.74, 6) is 2.45. The molecule has 0 atom stereocenters. The van der Waals surface area contributed by atoms with Crippen LogP contribution in [0.2, 0.25) is 12.1 Å². The van der Waals surface area contributed by atoms with Crippen molar-refractivity contribution in [3.63, 3.8) is 0 Å². The summed E-state index contributed by atoms with van der Waals surface area (Å²) >= 11 is 0. The normalized spacial score (nSPS) is 12.3. The molecule has 0 saturated heterocycles. The SMILES string of the molecule is CCO[Si](CCCCCCCCCCCCn1nc(CCc2nc(N)n(CCCCCCCCCCCC[Si](OCC)(OCC)OCC)n2)nc1N)(OCC)OCC. The van der Waals surface area contributed by atoms with Crippen LogP contribution in [0.15, 0.2) is 0 Å². The van der Waals surface area contributed by atoms with Gasteiger partial charge in [0.05, 0.1) is 0 Å². The molecule has 0 unspecified atom stereocenters. The van der Waals surface area contributed by atoms with Crippen molar-refractivity contribution >= 4 is 29.5 Å². The third kappa shape index (κ3) is 22.1. The van der Waals surface area contributed by atoms with Crippen molar-refractivity contribution in [3.8, 4) is 0 Å². The van der Waals surface area contributed by atoms with Gasteiger partial charge < -0.3 is 38.0 Å². The molecule has 2 rings (SSSR count). The van der Waals surface area contributed by atoms with Crippen molar-refractivity contribution < 1.29 is 26.6 Å². The first-order valence-corrected chi connectivity index (χ1v) is 27.4. The van der Waals surface area contributed by atoms with E-state index in [0.29, 0.717) is 64.4 Å². The molecular weight excluding hydrogens is 769 g/mol. The van der Waals surface area contributed by atoms with Crippen LogP contribution in [0.1, 0.15) is 182 Å². The van der Waals surface area contributed by atoms with Gasteiger partial charge >= 0.3 is 17.6 Å². The lowest BCUT2D eigenvalue weighted by Gasteiger charge is -2.28. The van der Waals surface area contributed by atoms with Crippen molar-refractivity contribution in [2.45, 2.75) is 208 Å². The van der Waals surface area contributed by atoms with Crippen LogP contribution in [0.5, 0.6) is 0 Å². The lowest BCUT2D eigenvalue weighted by Crippen LogP contribution is -2.45. The highest BCUT2D eigenvalue weighted by molar-refractivity contribution is 6.61. The number of nitrogens with two attached hydrogens (primary N) is 2. The summed E-state index contributed by atoms with van der Waals surface area (Å²) in [5.41, 5.74) is 12.4. The first-order chi connectivity index (χ1) is 28.3. The van der Waals surface area contributed by atoms with Crippen LogP contribution in [0.3, 0.4) is 0 Å². The van der Waals surface area contributed by atoms with E-state index in [2.05, 4.69) is 20.2 Å². The van der Waals surface area contributed by atoms with Crippen LogP contribution < -0.4 is 11.5 Å². The average molecular weight is 855 g/mol. The largest absolute Gasteiger partial charge is 0.500 e. The van der Waals surface area contributed by atoms with Gasteiger partial charge in [0, 0.05) is 77.7 Å². The Balaban J connectivity index is 1.50. The fraction of sp³-hybridized carbons (Fsp3) is 0.905. The van der Waals surface area contributed by atoms with Gasteiger partial charge in [0.25, 0.3) is 0 Å². The van der Waals surface area contributed by atoms with Crippen LogP contribution in [0, 0.1) is 0 Å². The van der Waals surface area contributed by atoms with E-state index in [1.54, 1.807) is 0 Å². The maximum Gasteiger partial charge on any atom is 0.500 e. The zero-order valence-electron chi connectivity index (χ0n) is 37.9. The first-order valence-electron chi connectivity index (χ1n) is 23.5.